The first-order valence-corrected chi connectivity index (χ1v) is 16.0. The highest BCUT2D eigenvalue weighted by Gasteiger charge is 2.30. The third-order valence-electron chi connectivity index (χ3n) is 8.39. The lowest BCUT2D eigenvalue weighted by Crippen LogP contribution is -2.45. The first-order chi connectivity index (χ1) is 20.5. The number of ether oxygens (including phenoxy) is 3. The zero-order valence-electron chi connectivity index (χ0n) is 28.2. The highest BCUT2D eigenvalue weighted by Crippen LogP contribution is 2.24. The van der Waals surface area contributed by atoms with Gasteiger partial charge in [-0.2, -0.15) is 0 Å². The van der Waals surface area contributed by atoms with Crippen molar-refractivity contribution in [2.45, 2.75) is 72.4 Å². The largest absolute Gasteiger partial charge is 0.493 e. The molecule has 0 bridgehead atoms. The van der Waals surface area contributed by atoms with Crippen LogP contribution < -0.4 is 21.1 Å². The van der Waals surface area contributed by atoms with Gasteiger partial charge in [-0.1, -0.05) is 33.8 Å². The number of carbonyl (C=O) groups excluding carboxylic acids is 2. The van der Waals surface area contributed by atoms with Gasteiger partial charge in [0.05, 0.1) is 31.5 Å². The fourth-order valence-electron chi connectivity index (χ4n) is 5.29. The molecule has 1 aromatic rings. The van der Waals surface area contributed by atoms with Gasteiger partial charge in [0, 0.05) is 58.4 Å². The van der Waals surface area contributed by atoms with E-state index in [-0.39, 0.29) is 60.3 Å². The molecule has 0 spiro atoms. The van der Waals surface area contributed by atoms with Gasteiger partial charge in [-0.15, -0.1) is 24.8 Å². The molecule has 262 valence electrons. The van der Waals surface area contributed by atoms with Crippen LogP contribution in [0.5, 0.6) is 5.75 Å². The molecule has 2 rings (SSSR count). The minimum absolute atomic E-state index is 0. The Bertz CT molecular complexity index is 965. The lowest BCUT2D eigenvalue weighted by atomic mass is 9.83. The molecule has 4 atom stereocenters. The van der Waals surface area contributed by atoms with Crippen molar-refractivity contribution in [1.29, 1.82) is 0 Å². The molecule has 1 aliphatic heterocycles. The summed E-state index contributed by atoms with van der Waals surface area (Å²) in [5, 5.41) is 17.2. The van der Waals surface area contributed by atoms with Crippen LogP contribution in [0.25, 0.3) is 0 Å². The molecule has 45 heavy (non-hydrogen) atoms. The molecule has 0 saturated carbocycles. The van der Waals surface area contributed by atoms with Gasteiger partial charge in [0.15, 0.2) is 0 Å². The number of nitrogens with zero attached hydrogens (tertiary/aromatic N) is 1. The van der Waals surface area contributed by atoms with Crippen molar-refractivity contribution in [3.8, 4) is 5.75 Å². The molecule has 10 nitrogen and oxygen atoms in total. The number of aliphatic hydroxyl groups excluding tert-OH is 1. The van der Waals surface area contributed by atoms with E-state index in [0.29, 0.717) is 50.5 Å². The van der Waals surface area contributed by atoms with Gasteiger partial charge in [-0.05, 0) is 68.1 Å². The van der Waals surface area contributed by atoms with Gasteiger partial charge in [0.2, 0.25) is 5.91 Å². The van der Waals surface area contributed by atoms with E-state index in [4.69, 9.17) is 19.9 Å². The normalized spacial score (nSPS) is 16.2. The van der Waals surface area contributed by atoms with Crippen molar-refractivity contribution in [3.05, 3.63) is 29.3 Å². The second-order valence-corrected chi connectivity index (χ2v) is 12.6. The fraction of sp³-hybridized carbons (Fsp3) is 0.758. The predicted molar refractivity (Wildman–Crippen MR) is 185 cm³/mol. The number of methoxy groups -OCH3 is 1. The minimum Gasteiger partial charge on any atom is -0.493 e. The number of halogens is 2. The van der Waals surface area contributed by atoms with Gasteiger partial charge < -0.3 is 35.7 Å². The highest BCUT2D eigenvalue weighted by atomic mass is 35.5. The van der Waals surface area contributed by atoms with E-state index in [2.05, 4.69) is 29.4 Å². The van der Waals surface area contributed by atoms with Gasteiger partial charge in [0.1, 0.15) is 5.75 Å². The average molecular weight is 680 g/mol. The number of nitrogens with two attached hydrogens (primary N) is 1. The number of aliphatic hydroxyl groups is 1. The first-order valence-electron chi connectivity index (χ1n) is 16.0. The van der Waals surface area contributed by atoms with Crippen LogP contribution in [0.2, 0.25) is 0 Å². The molecule has 0 radical (unpaired) electrons. The smallest absolute Gasteiger partial charge is 0.255 e. The molecule has 1 aromatic carbocycles. The maximum atomic E-state index is 13.2. The Balaban J connectivity index is 0.00000968. The predicted octanol–water partition coefficient (Wildman–Crippen LogP) is 3.84. The Hall–Kier alpha value is -1.66. The summed E-state index contributed by atoms with van der Waals surface area (Å²) in [5.74, 6) is 0.354. The second-order valence-electron chi connectivity index (χ2n) is 12.6. The van der Waals surface area contributed by atoms with Crippen molar-refractivity contribution in [1.82, 2.24) is 15.5 Å². The third kappa shape index (κ3) is 16.1. The summed E-state index contributed by atoms with van der Waals surface area (Å²) < 4.78 is 16.4. The second kappa shape index (κ2) is 23.6. The van der Waals surface area contributed by atoms with Gasteiger partial charge >= 0.3 is 0 Å². The number of hydrogen-bond acceptors (Lipinski definition) is 8. The van der Waals surface area contributed by atoms with Crippen LogP contribution in [0.4, 0.5) is 0 Å². The van der Waals surface area contributed by atoms with Crippen molar-refractivity contribution in [2.24, 2.45) is 29.4 Å². The van der Waals surface area contributed by atoms with E-state index in [9.17, 15) is 14.7 Å². The standard InChI is InChI=1S/C33H58N4O6.2ClH/c1-23(2)26(22-36-32(39)27-10-9-25(5)19-31(27)43-16-8-7-15-41-6)20-29(34)30(38)21-28(24(3)4)33(40)35-11-12-37-13-17-42-18-14-37;;/h9-10,19,23-24,26,28-30,38H,7-8,11-18,20-22,34H2,1-6H3,(H,35,40)(H,36,39);2*1H/t26-,28+,29+,30+;;/m1../s1. The molecule has 1 fully saturated rings. The molecule has 12 heteroatoms. The summed E-state index contributed by atoms with van der Waals surface area (Å²) in [6.07, 6.45) is 1.73. The van der Waals surface area contributed by atoms with Crippen molar-refractivity contribution in [3.63, 3.8) is 0 Å². The number of hydrogen-bond donors (Lipinski definition) is 4. The molecule has 1 heterocycles. The molecular formula is C33H60Cl2N4O6. The summed E-state index contributed by atoms with van der Waals surface area (Å²) >= 11 is 0. The summed E-state index contributed by atoms with van der Waals surface area (Å²) in [6.45, 7) is 16.3. The van der Waals surface area contributed by atoms with E-state index in [1.165, 1.54) is 0 Å². The zero-order valence-corrected chi connectivity index (χ0v) is 29.9. The Morgan fingerprint density at radius 2 is 1.69 bits per heavy atom. The SMILES string of the molecule is COCCCCOc1cc(C)ccc1C(=O)NC[C@@H](C[C@H](N)[C@@H](O)C[C@H](C(=O)NCCN1CCOCC1)C(C)C)C(C)C.Cl.Cl. The Kier molecular flexibility index (Phi) is 22.8. The number of amides is 2. The summed E-state index contributed by atoms with van der Waals surface area (Å²) in [7, 11) is 1.68. The molecule has 0 aromatic heterocycles. The highest BCUT2D eigenvalue weighted by molar-refractivity contribution is 5.97. The lowest BCUT2D eigenvalue weighted by Gasteiger charge is -2.30. The van der Waals surface area contributed by atoms with Crippen molar-refractivity contribution in [2.75, 3.05) is 66.3 Å². The quantitative estimate of drug-likeness (QED) is 0.153. The molecule has 0 unspecified atom stereocenters. The maximum absolute atomic E-state index is 13.2. The van der Waals surface area contributed by atoms with Crippen LogP contribution in [0, 0.1) is 30.6 Å². The fourth-order valence-corrected chi connectivity index (χ4v) is 5.29. The van der Waals surface area contributed by atoms with Crippen LogP contribution in [0.1, 0.15) is 69.3 Å². The Morgan fingerprint density at radius 3 is 2.31 bits per heavy atom. The van der Waals surface area contributed by atoms with E-state index in [0.717, 1.165) is 51.3 Å². The van der Waals surface area contributed by atoms with Crippen LogP contribution in [0.15, 0.2) is 18.2 Å². The van der Waals surface area contributed by atoms with E-state index < -0.39 is 12.1 Å². The third-order valence-corrected chi connectivity index (χ3v) is 8.39. The molecule has 1 saturated heterocycles. The number of unbranched alkanes of at least 4 members (excludes halogenated alkanes) is 1. The lowest BCUT2D eigenvalue weighted by molar-refractivity contribution is -0.127. The maximum Gasteiger partial charge on any atom is 0.255 e. The monoisotopic (exact) mass is 678 g/mol. The summed E-state index contributed by atoms with van der Waals surface area (Å²) in [4.78, 5) is 28.5. The topological polar surface area (TPSA) is 135 Å². The minimum atomic E-state index is -0.829. The van der Waals surface area contributed by atoms with Crippen molar-refractivity contribution < 1.29 is 28.9 Å². The summed E-state index contributed by atoms with van der Waals surface area (Å²) in [6, 6.07) is 5.08. The number of nitrogens with one attached hydrogen (secondary N) is 2. The van der Waals surface area contributed by atoms with Gasteiger partial charge in [-0.25, -0.2) is 0 Å². The van der Waals surface area contributed by atoms with Crippen molar-refractivity contribution >= 4 is 36.6 Å². The van der Waals surface area contributed by atoms with Crippen LogP contribution in [-0.2, 0) is 14.3 Å². The van der Waals surface area contributed by atoms with Crippen LogP contribution in [0.3, 0.4) is 0 Å². The molecule has 0 aliphatic carbocycles. The Labute approximate surface area is 283 Å². The number of benzene rings is 1. The number of rotatable bonds is 20. The Morgan fingerprint density at radius 1 is 1.02 bits per heavy atom. The summed E-state index contributed by atoms with van der Waals surface area (Å²) in [5.41, 5.74) is 8.03. The molecule has 5 N–H and O–H groups in total. The molecule has 1 aliphatic rings. The van der Waals surface area contributed by atoms with Gasteiger partial charge in [0.25, 0.3) is 5.91 Å². The molecular weight excluding hydrogens is 619 g/mol. The van der Waals surface area contributed by atoms with Crippen LogP contribution >= 0.6 is 24.8 Å². The van der Waals surface area contributed by atoms with E-state index >= 15 is 0 Å². The van der Waals surface area contributed by atoms with Gasteiger partial charge in [-0.3, -0.25) is 14.5 Å². The zero-order chi connectivity index (χ0) is 31.8. The number of aryl methyl sites for hydroxylation is 1. The first kappa shape index (κ1) is 43.3. The van der Waals surface area contributed by atoms with Crippen LogP contribution in [-0.4, -0.2) is 100 Å². The number of carbonyl (C=O) groups is 2. The van der Waals surface area contributed by atoms with E-state index in [1.807, 2.05) is 32.9 Å². The number of morpholine rings is 1. The van der Waals surface area contributed by atoms with E-state index in [1.54, 1.807) is 13.2 Å². The molecule has 2 amide bonds. The average Bonchev–Trinajstić information content (AvgIpc) is 2.97.